The summed E-state index contributed by atoms with van der Waals surface area (Å²) in [5.41, 5.74) is 1.55. The lowest BCUT2D eigenvalue weighted by molar-refractivity contribution is 0.565. The van der Waals surface area contributed by atoms with Crippen molar-refractivity contribution in [3.8, 4) is 0 Å². The Morgan fingerprint density at radius 2 is 1.96 bits per heavy atom. The highest BCUT2D eigenvalue weighted by Gasteiger charge is 2.18. The quantitative estimate of drug-likeness (QED) is 0.834. The molecule has 6 nitrogen and oxygen atoms in total. The van der Waals surface area contributed by atoms with Gasteiger partial charge in [-0.25, -0.2) is 23.1 Å². The third-order valence-corrected chi connectivity index (χ3v) is 7.35. The molecule has 136 valence electrons. The van der Waals surface area contributed by atoms with Gasteiger partial charge < -0.3 is 4.90 Å². The summed E-state index contributed by atoms with van der Waals surface area (Å²) in [6, 6.07) is 5.36. The fourth-order valence-electron chi connectivity index (χ4n) is 2.88. The van der Waals surface area contributed by atoms with Crippen molar-refractivity contribution in [3.63, 3.8) is 0 Å². The minimum atomic E-state index is -3.50. The van der Waals surface area contributed by atoms with E-state index in [1.54, 1.807) is 6.07 Å². The Balaban J connectivity index is 1.73. The first-order valence-corrected chi connectivity index (χ1v) is 11.0. The van der Waals surface area contributed by atoms with Gasteiger partial charge in [0.25, 0.3) is 0 Å². The van der Waals surface area contributed by atoms with Crippen molar-refractivity contribution in [2.75, 3.05) is 18.0 Å². The Hall–Kier alpha value is -1.51. The first-order chi connectivity index (χ1) is 12.0. The molecule has 2 aromatic heterocycles. The SMILES string of the molecule is CCc1ccc(S(=O)(=O)NCc2cc(C)nc(N3CCCCC3)n2)s1. The predicted octanol–water partition coefficient (Wildman–Crippen LogP) is 2.88. The van der Waals surface area contributed by atoms with Crippen LogP contribution in [0.3, 0.4) is 0 Å². The summed E-state index contributed by atoms with van der Waals surface area (Å²) in [5.74, 6) is 0.707. The second-order valence-corrected chi connectivity index (χ2v) is 9.41. The average molecular weight is 381 g/mol. The van der Waals surface area contributed by atoms with Gasteiger partial charge >= 0.3 is 0 Å². The van der Waals surface area contributed by atoms with Crippen molar-refractivity contribution >= 4 is 27.3 Å². The Morgan fingerprint density at radius 3 is 2.64 bits per heavy atom. The lowest BCUT2D eigenvalue weighted by Gasteiger charge is -2.27. The fourth-order valence-corrected chi connectivity index (χ4v) is 5.21. The van der Waals surface area contributed by atoms with E-state index < -0.39 is 10.0 Å². The Bertz CT molecular complexity index is 827. The van der Waals surface area contributed by atoms with E-state index in [1.807, 2.05) is 26.0 Å². The molecule has 0 bridgehead atoms. The van der Waals surface area contributed by atoms with Gasteiger partial charge in [-0.2, -0.15) is 0 Å². The smallest absolute Gasteiger partial charge is 0.250 e. The van der Waals surface area contributed by atoms with Gasteiger partial charge in [0.05, 0.1) is 12.2 Å². The first-order valence-electron chi connectivity index (χ1n) is 8.66. The van der Waals surface area contributed by atoms with Gasteiger partial charge in [0.1, 0.15) is 4.21 Å². The summed E-state index contributed by atoms with van der Waals surface area (Å²) in [6.07, 6.45) is 4.38. The van der Waals surface area contributed by atoms with Crippen LogP contribution >= 0.6 is 11.3 Å². The van der Waals surface area contributed by atoms with Crippen LogP contribution in [-0.4, -0.2) is 31.5 Å². The zero-order chi connectivity index (χ0) is 17.9. The van der Waals surface area contributed by atoms with Crippen LogP contribution in [0, 0.1) is 6.92 Å². The average Bonchev–Trinajstić information content (AvgIpc) is 3.11. The minimum Gasteiger partial charge on any atom is -0.341 e. The number of thiophene rings is 1. The topological polar surface area (TPSA) is 75.2 Å². The van der Waals surface area contributed by atoms with Crippen LogP contribution in [0.15, 0.2) is 22.4 Å². The van der Waals surface area contributed by atoms with Crippen LogP contribution < -0.4 is 9.62 Å². The molecule has 0 spiro atoms. The van der Waals surface area contributed by atoms with Crippen molar-refractivity contribution in [1.29, 1.82) is 0 Å². The van der Waals surface area contributed by atoms with Gasteiger partial charge in [-0.05, 0) is 50.8 Å². The third-order valence-electron chi connectivity index (χ3n) is 4.23. The molecule has 0 atom stereocenters. The summed E-state index contributed by atoms with van der Waals surface area (Å²) in [7, 11) is -3.50. The maximum Gasteiger partial charge on any atom is 0.250 e. The standard InChI is InChI=1S/C17H24N4O2S2/c1-3-15-7-8-16(24-15)25(22,23)18-12-14-11-13(2)19-17(20-14)21-9-5-4-6-10-21/h7-8,11,18H,3-6,9-10,12H2,1-2H3. The Morgan fingerprint density at radius 1 is 1.20 bits per heavy atom. The highest BCUT2D eigenvalue weighted by atomic mass is 32.2. The predicted molar refractivity (Wildman–Crippen MR) is 101 cm³/mol. The maximum absolute atomic E-state index is 12.5. The lowest BCUT2D eigenvalue weighted by atomic mass is 10.1. The van der Waals surface area contributed by atoms with E-state index in [1.165, 1.54) is 17.8 Å². The summed E-state index contributed by atoms with van der Waals surface area (Å²) < 4.78 is 27.9. The molecule has 8 heteroatoms. The molecule has 1 aliphatic rings. The number of aryl methyl sites for hydroxylation is 2. The van der Waals surface area contributed by atoms with Crippen LogP contribution in [0.5, 0.6) is 0 Å². The summed E-state index contributed by atoms with van der Waals surface area (Å²) in [6.45, 7) is 6.03. The van der Waals surface area contributed by atoms with Gasteiger partial charge in [0.15, 0.2) is 0 Å². The van der Waals surface area contributed by atoms with Crippen molar-refractivity contribution < 1.29 is 8.42 Å². The largest absolute Gasteiger partial charge is 0.341 e. The van der Waals surface area contributed by atoms with Gasteiger partial charge in [-0.15, -0.1) is 11.3 Å². The highest BCUT2D eigenvalue weighted by molar-refractivity contribution is 7.91. The normalized spacial score (nSPS) is 15.5. The molecule has 1 N–H and O–H groups in total. The first kappa shape index (κ1) is 18.3. The van der Waals surface area contributed by atoms with Crippen LogP contribution in [-0.2, 0) is 23.0 Å². The number of aromatic nitrogens is 2. The van der Waals surface area contributed by atoms with Crippen molar-refractivity contribution in [2.45, 2.75) is 50.3 Å². The molecule has 2 aromatic rings. The second kappa shape index (κ2) is 7.80. The van der Waals surface area contributed by atoms with Crippen molar-refractivity contribution in [1.82, 2.24) is 14.7 Å². The highest BCUT2D eigenvalue weighted by Crippen LogP contribution is 2.22. The number of sulfonamides is 1. The number of anilines is 1. The molecule has 0 aliphatic carbocycles. The van der Waals surface area contributed by atoms with Crippen molar-refractivity contribution in [3.05, 3.63) is 34.5 Å². The van der Waals surface area contributed by atoms with E-state index in [2.05, 4.69) is 19.6 Å². The van der Waals surface area contributed by atoms with E-state index in [4.69, 9.17) is 0 Å². The van der Waals surface area contributed by atoms with Crippen molar-refractivity contribution in [2.24, 2.45) is 0 Å². The maximum atomic E-state index is 12.5. The molecule has 0 radical (unpaired) electrons. The third kappa shape index (κ3) is 4.56. The number of nitrogens with zero attached hydrogens (tertiary/aromatic N) is 3. The number of piperidine rings is 1. The van der Waals surface area contributed by atoms with Crippen LogP contribution in [0.25, 0.3) is 0 Å². The van der Waals surface area contributed by atoms with Gasteiger partial charge in [-0.3, -0.25) is 0 Å². The molecular formula is C17H24N4O2S2. The lowest BCUT2D eigenvalue weighted by Crippen LogP contribution is -2.31. The molecule has 1 fully saturated rings. The zero-order valence-electron chi connectivity index (χ0n) is 14.7. The monoisotopic (exact) mass is 380 g/mol. The Labute approximate surface area is 153 Å². The second-order valence-electron chi connectivity index (χ2n) is 6.25. The number of hydrogen-bond donors (Lipinski definition) is 1. The van der Waals surface area contributed by atoms with E-state index in [9.17, 15) is 8.42 Å². The van der Waals surface area contributed by atoms with Gasteiger partial charge in [0.2, 0.25) is 16.0 Å². The van der Waals surface area contributed by atoms with E-state index in [0.29, 0.717) is 15.9 Å². The van der Waals surface area contributed by atoms with Crippen LogP contribution in [0.4, 0.5) is 5.95 Å². The van der Waals surface area contributed by atoms with E-state index in [0.717, 1.165) is 42.9 Å². The molecule has 1 aliphatic heterocycles. The fraction of sp³-hybridized carbons (Fsp3) is 0.529. The molecule has 0 amide bonds. The molecule has 0 aromatic carbocycles. The minimum absolute atomic E-state index is 0.173. The Kier molecular flexibility index (Phi) is 5.71. The van der Waals surface area contributed by atoms with Gasteiger partial charge in [-0.1, -0.05) is 6.92 Å². The summed E-state index contributed by atoms with van der Waals surface area (Å²) in [4.78, 5) is 12.3. The molecule has 3 heterocycles. The molecule has 0 saturated carbocycles. The van der Waals surface area contributed by atoms with E-state index in [-0.39, 0.29) is 6.54 Å². The molecule has 0 unspecified atom stereocenters. The van der Waals surface area contributed by atoms with E-state index >= 15 is 0 Å². The molecule has 25 heavy (non-hydrogen) atoms. The van der Waals surface area contributed by atoms with Crippen LogP contribution in [0.1, 0.15) is 42.5 Å². The number of rotatable bonds is 6. The molecule has 3 rings (SSSR count). The number of hydrogen-bond acceptors (Lipinski definition) is 6. The zero-order valence-corrected chi connectivity index (χ0v) is 16.3. The molecular weight excluding hydrogens is 356 g/mol. The summed E-state index contributed by atoms with van der Waals surface area (Å²) >= 11 is 1.31. The molecule has 1 saturated heterocycles. The summed E-state index contributed by atoms with van der Waals surface area (Å²) in [5, 5.41) is 0. The number of nitrogens with one attached hydrogen (secondary N) is 1. The van der Waals surface area contributed by atoms with Gasteiger partial charge in [0, 0.05) is 23.7 Å². The van der Waals surface area contributed by atoms with Crippen LogP contribution in [0.2, 0.25) is 0 Å².